The van der Waals surface area contributed by atoms with Crippen LogP contribution in [-0.2, 0) is 14.3 Å². The van der Waals surface area contributed by atoms with Crippen molar-refractivity contribution in [1.82, 2.24) is 9.88 Å². The van der Waals surface area contributed by atoms with E-state index in [-0.39, 0.29) is 42.1 Å². The predicted molar refractivity (Wildman–Crippen MR) is 121 cm³/mol. The fourth-order valence-electron chi connectivity index (χ4n) is 4.66. The molecular formula is C25H32N2O5. The highest BCUT2D eigenvalue weighted by Gasteiger charge is 2.39. The number of ether oxygens (including phenoxy) is 2. The molecule has 0 unspecified atom stereocenters. The molecule has 2 aromatic rings. The van der Waals surface area contributed by atoms with E-state index in [1.807, 2.05) is 43.5 Å². The van der Waals surface area contributed by atoms with E-state index in [4.69, 9.17) is 9.47 Å². The second kappa shape index (κ2) is 9.88. The Balaban J connectivity index is 1.78. The maximum atomic E-state index is 13.0. The summed E-state index contributed by atoms with van der Waals surface area (Å²) in [6, 6.07) is 7.99. The van der Waals surface area contributed by atoms with Crippen LogP contribution in [0.15, 0.2) is 42.3 Å². The zero-order valence-corrected chi connectivity index (χ0v) is 18.8. The molecule has 1 aromatic heterocycles. The summed E-state index contributed by atoms with van der Waals surface area (Å²) < 4.78 is 13.6. The van der Waals surface area contributed by atoms with E-state index in [9.17, 15) is 14.7 Å². The largest absolute Gasteiger partial charge is 0.459 e. The lowest BCUT2D eigenvalue weighted by Gasteiger charge is -2.37. The van der Waals surface area contributed by atoms with Gasteiger partial charge in [-0.05, 0) is 56.7 Å². The minimum absolute atomic E-state index is 0.0655. The Bertz CT molecular complexity index is 1010. The summed E-state index contributed by atoms with van der Waals surface area (Å²) in [5.74, 6) is -0.326. The van der Waals surface area contributed by atoms with Gasteiger partial charge in [0.1, 0.15) is 0 Å². The molecule has 32 heavy (non-hydrogen) atoms. The summed E-state index contributed by atoms with van der Waals surface area (Å²) in [7, 11) is 0. The lowest BCUT2D eigenvalue weighted by molar-refractivity contribution is -0.167. The van der Waals surface area contributed by atoms with Crippen molar-refractivity contribution >= 4 is 22.7 Å². The summed E-state index contributed by atoms with van der Waals surface area (Å²) in [5, 5.41) is 13.5. The maximum absolute atomic E-state index is 13.0. The van der Waals surface area contributed by atoms with Gasteiger partial charge in [-0.15, -0.1) is 0 Å². The number of rotatable bonds is 8. The van der Waals surface area contributed by atoms with Gasteiger partial charge in [-0.3, -0.25) is 14.2 Å². The van der Waals surface area contributed by atoms with Gasteiger partial charge in [0.2, 0.25) is 12.2 Å². The van der Waals surface area contributed by atoms with Crippen molar-refractivity contribution in [2.24, 2.45) is 5.92 Å². The quantitative estimate of drug-likeness (QED) is 0.653. The number of hydrogen-bond donors (Lipinski definition) is 2. The SMILES string of the molecule is CCO[C@@H]1OC(C(=O)NC2CCC2)=C[C@H](c2cn(C(C)=O)c3ccccc23)[C@H]1CCCO. The zero-order chi connectivity index (χ0) is 22.7. The summed E-state index contributed by atoms with van der Waals surface area (Å²) in [6.07, 6.45) is 7.50. The number of para-hydroxylation sites is 1. The zero-order valence-electron chi connectivity index (χ0n) is 18.8. The molecule has 1 amide bonds. The van der Waals surface area contributed by atoms with Crippen molar-refractivity contribution in [1.29, 1.82) is 0 Å². The fourth-order valence-corrected chi connectivity index (χ4v) is 4.66. The number of nitrogens with one attached hydrogen (secondary N) is 1. The number of nitrogens with zero attached hydrogens (tertiary/aromatic N) is 1. The number of allylic oxidation sites excluding steroid dienone is 1. The molecule has 7 nitrogen and oxygen atoms in total. The van der Waals surface area contributed by atoms with E-state index in [0.29, 0.717) is 19.4 Å². The van der Waals surface area contributed by atoms with Gasteiger partial charge < -0.3 is 19.9 Å². The molecule has 1 saturated carbocycles. The molecule has 0 saturated heterocycles. The number of aliphatic hydroxyl groups is 1. The molecule has 2 aliphatic rings. The molecule has 7 heteroatoms. The van der Waals surface area contributed by atoms with Crippen LogP contribution in [0.4, 0.5) is 0 Å². The van der Waals surface area contributed by atoms with E-state index in [0.717, 1.165) is 35.7 Å². The van der Waals surface area contributed by atoms with Gasteiger partial charge in [0.25, 0.3) is 5.91 Å². The first-order valence-electron chi connectivity index (χ1n) is 11.6. The van der Waals surface area contributed by atoms with Crippen molar-refractivity contribution in [3.8, 4) is 0 Å². The van der Waals surface area contributed by atoms with Crippen LogP contribution in [0.25, 0.3) is 10.9 Å². The number of carbonyl (C=O) groups excluding carboxylic acids is 2. The average Bonchev–Trinajstić information content (AvgIpc) is 3.15. The second-order valence-corrected chi connectivity index (χ2v) is 8.62. The van der Waals surface area contributed by atoms with Gasteiger partial charge in [-0.2, -0.15) is 0 Å². The Morgan fingerprint density at radius 2 is 2.06 bits per heavy atom. The predicted octanol–water partition coefficient (Wildman–Crippen LogP) is 3.72. The number of aromatic nitrogens is 1. The average molecular weight is 441 g/mol. The van der Waals surface area contributed by atoms with Gasteiger partial charge in [0, 0.05) is 49.6 Å². The Morgan fingerprint density at radius 3 is 2.72 bits per heavy atom. The minimum Gasteiger partial charge on any atom is -0.459 e. The van der Waals surface area contributed by atoms with E-state index < -0.39 is 6.29 Å². The first-order valence-corrected chi connectivity index (χ1v) is 11.6. The molecule has 0 radical (unpaired) electrons. The Hall–Kier alpha value is -2.64. The van der Waals surface area contributed by atoms with Crippen molar-refractivity contribution < 1.29 is 24.2 Å². The third-order valence-corrected chi connectivity index (χ3v) is 6.52. The molecule has 2 heterocycles. The van der Waals surface area contributed by atoms with E-state index in [1.165, 1.54) is 0 Å². The van der Waals surface area contributed by atoms with Crippen LogP contribution in [0.5, 0.6) is 0 Å². The van der Waals surface area contributed by atoms with E-state index in [2.05, 4.69) is 5.32 Å². The molecule has 3 atom stereocenters. The number of hydrogen-bond acceptors (Lipinski definition) is 5. The Morgan fingerprint density at radius 1 is 1.28 bits per heavy atom. The summed E-state index contributed by atoms with van der Waals surface area (Å²) in [5.41, 5.74) is 1.80. The van der Waals surface area contributed by atoms with Crippen LogP contribution in [0, 0.1) is 5.92 Å². The van der Waals surface area contributed by atoms with Gasteiger partial charge in [0.15, 0.2) is 5.76 Å². The van der Waals surface area contributed by atoms with Crippen LogP contribution in [-0.4, -0.2) is 47.0 Å². The second-order valence-electron chi connectivity index (χ2n) is 8.62. The molecule has 172 valence electrons. The van der Waals surface area contributed by atoms with Crippen LogP contribution in [0.2, 0.25) is 0 Å². The van der Waals surface area contributed by atoms with Crippen LogP contribution in [0.3, 0.4) is 0 Å². The molecule has 1 aliphatic carbocycles. The molecule has 2 N–H and O–H groups in total. The van der Waals surface area contributed by atoms with Crippen molar-refractivity contribution in [3.05, 3.63) is 47.9 Å². The third kappa shape index (κ3) is 4.45. The van der Waals surface area contributed by atoms with Gasteiger partial charge in [0.05, 0.1) is 5.52 Å². The van der Waals surface area contributed by atoms with Crippen molar-refractivity contribution in [2.75, 3.05) is 13.2 Å². The third-order valence-electron chi connectivity index (χ3n) is 6.52. The summed E-state index contributed by atoms with van der Waals surface area (Å²) >= 11 is 0. The molecule has 4 rings (SSSR count). The first kappa shape index (κ1) is 22.6. The lowest BCUT2D eigenvalue weighted by atomic mass is 9.80. The Kier molecular flexibility index (Phi) is 6.96. The summed E-state index contributed by atoms with van der Waals surface area (Å²) in [4.78, 5) is 25.3. The van der Waals surface area contributed by atoms with Gasteiger partial charge in [-0.25, -0.2) is 0 Å². The van der Waals surface area contributed by atoms with Crippen molar-refractivity contribution in [3.63, 3.8) is 0 Å². The number of benzene rings is 1. The Labute approximate surface area is 188 Å². The molecule has 1 aromatic carbocycles. The van der Waals surface area contributed by atoms with Crippen LogP contribution in [0.1, 0.15) is 62.2 Å². The topological polar surface area (TPSA) is 89.8 Å². The molecule has 0 spiro atoms. The highest BCUT2D eigenvalue weighted by molar-refractivity contribution is 5.95. The highest BCUT2D eigenvalue weighted by atomic mass is 16.7. The molecular weight excluding hydrogens is 408 g/mol. The smallest absolute Gasteiger partial charge is 0.286 e. The van der Waals surface area contributed by atoms with Crippen LogP contribution < -0.4 is 5.32 Å². The first-order chi connectivity index (χ1) is 15.5. The fraction of sp³-hybridized carbons (Fsp3) is 0.520. The minimum atomic E-state index is -0.608. The lowest BCUT2D eigenvalue weighted by Crippen LogP contribution is -2.43. The molecule has 1 fully saturated rings. The molecule has 1 aliphatic heterocycles. The van der Waals surface area contributed by atoms with E-state index in [1.54, 1.807) is 11.5 Å². The summed E-state index contributed by atoms with van der Waals surface area (Å²) in [6.45, 7) is 3.95. The van der Waals surface area contributed by atoms with E-state index >= 15 is 0 Å². The number of fused-ring (bicyclic) bond motifs is 1. The van der Waals surface area contributed by atoms with Gasteiger partial charge >= 0.3 is 0 Å². The maximum Gasteiger partial charge on any atom is 0.286 e. The highest BCUT2D eigenvalue weighted by Crippen LogP contribution is 2.42. The number of amides is 1. The number of aliphatic hydroxyl groups excluding tert-OH is 1. The molecule has 0 bridgehead atoms. The number of carbonyl (C=O) groups is 2. The standard InChI is InChI=1S/C25H32N2O5/c1-3-31-25-19(11-7-13-28)20(14-23(32-25)24(30)26-17-8-6-9-17)21-15-27(16(2)29)22-12-5-4-10-18(21)22/h4-5,10,12,14-15,17,19-20,25,28H,3,6-9,11,13H2,1-2H3,(H,26,30)/t19-,20+,25-/m1/s1. The van der Waals surface area contributed by atoms with Crippen LogP contribution >= 0.6 is 0 Å². The van der Waals surface area contributed by atoms with Gasteiger partial charge in [-0.1, -0.05) is 18.2 Å². The van der Waals surface area contributed by atoms with Crippen molar-refractivity contribution in [2.45, 2.75) is 64.2 Å². The normalized spacial score (nSPS) is 23.3. The monoisotopic (exact) mass is 440 g/mol.